The van der Waals surface area contributed by atoms with Crippen molar-refractivity contribution in [1.82, 2.24) is 19.1 Å². The molecule has 0 spiro atoms. The zero-order valence-electron chi connectivity index (χ0n) is 18.7. The van der Waals surface area contributed by atoms with Crippen LogP contribution in [0.4, 0.5) is 0 Å². The van der Waals surface area contributed by atoms with Gasteiger partial charge in [0, 0.05) is 12.8 Å². The van der Waals surface area contributed by atoms with Crippen molar-refractivity contribution in [2.45, 2.75) is 31.7 Å². The Hall–Kier alpha value is -3.30. The van der Waals surface area contributed by atoms with Crippen LogP contribution in [0.2, 0.25) is 0 Å². The number of hydrogen-bond acceptors (Lipinski definition) is 6. The van der Waals surface area contributed by atoms with E-state index in [-0.39, 0.29) is 6.61 Å². The summed E-state index contributed by atoms with van der Waals surface area (Å²) in [6.07, 6.45) is -0.746. The van der Waals surface area contributed by atoms with Gasteiger partial charge in [0.05, 0.1) is 12.6 Å². The first-order valence-corrected chi connectivity index (χ1v) is 11.6. The lowest BCUT2D eigenvalue weighted by atomic mass is 10.1. The van der Waals surface area contributed by atoms with Crippen LogP contribution in [-0.2, 0) is 13.6 Å². The number of aliphatic hydroxyl groups is 1. The molecule has 0 aliphatic heterocycles. The number of thioether (sulfide) groups is 1. The highest BCUT2D eigenvalue weighted by Crippen LogP contribution is 2.24. The van der Waals surface area contributed by atoms with E-state index in [0.29, 0.717) is 28.6 Å². The number of nitrogens with zero attached hydrogens (tertiary/aromatic N) is 3. The number of ether oxygens (including phenoxy) is 1. The van der Waals surface area contributed by atoms with Gasteiger partial charge in [-0.25, -0.2) is 9.78 Å². The van der Waals surface area contributed by atoms with Crippen LogP contribution in [-0.4, -0.2) is 42.7 Å². The van der Waals surface area contributed by atoms with Crippen molar-refractivity contribution in [2.24, 2.45) is 7.05 Å². The van der Waals surface area contributed by atoms with Crippen LogP contribution >= 0.6 is 11.8 Å². The Bertz CT molecular complexity index is 1390. The average molecular weight is 467 g/mol. The Balaban J connectivity index is 1.59. The topological polar surface area (TPSA) is 102 Å². The number of imidazole rings is 1. The predicted molar refractivity (Wildman–Crippen MR) is 129 cm³/mol. The summed E-state index contributed by atoms with van der Waals surface area (Å²) in [6, 6.07) is 15.6. The van der Waals surface area contributed by atoms with E-state index in [0.717, 1.165) is 22.4 Å². The molecule has 1 unspecified atom stereocenters. The number of fused-ring (bicyclic) bond motifs is 1. The minimum Gasteiger partial charge on any atom is -0.491 e. The van der Waals surface area contributed by atoms with Gasteiger partial charge in [-0.3, -0.25) is 14.3 Å². The van der Waals surface area contributed by atoms with Gasteiger partial charge >= 0.3 is 5.69 Å². The smallest absolute Gasteiger partial charge is 0.329 e. The van der Waals surface area contributed by atoms with Gasteiger partial charge in [-0.2, -0.15) is 0 Å². The van der Waals surface area contributed by atoms with Gasteiger partial charge in [-0.05, 0) is 31.0 Å². The molecule has 0 aliphatic carbocycles. The fourth-order valence-electron chi connectivity index (χ4n) is 3.47. The molecular weight excluding hydrogens is 440 g/mol. The Labute approximate surface area is 194 Å². The van der Waals surface area contributed by atoms with E-state index >= 15 is 0 Å². The molecule has 2 heterocycles. The van der Waals surface area contributed by atoms with Crippen LogP contribution in [0, 0.1) is 13.8 Å². The molecule has 0 radical (unpaired) electrons. The van der Waals surface area contributed by atoms with Gasteiger partial charge < -0.3 is 14.4 Å². The van der Waals surface area contributed by atoms with E-state index < -0.39 is 17.4 Å². The largest absolute Gasteiger partial charge is 0.491 e. The molecule has 2 N–H and O–H groups in total. The van der Waals surface area contributed by atoms with Gasteiger partial charge in [-0.15, -0.1) is 0 Å². The van der Waals surface area contributed by atoms with E-state index in [1.807, 2.05) is 62.4 Å². The number of benzene rings is 2. The number of aromatic nitrogens is 4. The summed E-state index contributed by atoms with van der Waals surface area (Å²) < 4.78 is 8.86. The van der Waals surface area contributed by atoms with Crippen LogP contribution in [0.15, 0.2) is 63.3 Å². The summed E-state index contributed by atoms with van der Waals surface area (Å²) in [4.78, 5) is 31.6. The summed E-state index contributed by atoms with van der Waals surface area (Å²) >= 11 is 1.32. The molecule has 2 aromatic heterocycles. The molecule has 4 rings (SSSR count). The Morgan fingerprint density at radius 3 is 2.58 bits per heavy atom. The molecule has 0 amide bonds. The maximum absolute atomic E-state index is 12.7. The van der Waals surface area contributed by atoms with Crippen LogP contribution < -0.4 is 16.0 Å². The van der Waals surface area contributed by atoms with Crippen molar-refractivity contribution in [1.29, 1.82) is 0 Å². The molecule has 33 heavy (non-hydrogen) atoms. The van der Waals surface area contributed by atoms with E-state index in [1.165, 1.54) is 16.3 Å². The summed E-state index contributed by atoms with van der Waals surface area (Å²) in [5, 5.41) is 11.0. The Kier molecular flexibility index (Phi) is 6.71. The molecule has 2 aromatic carbocycles. The molecule has 0 saturated carbocycles. The number of aryl methyl sites for hydroxylation is 3. The fourth-order valence-corrected chi connectivity index (χ4v) is 4.37. The number of para-hydroxylation sites is 1. The molecule has 1 atom stereocenters. The van der Waals surface area contributed by atoms with Crippen molar-refractivity contribution in [3.05, 3.63) is 86.1 Å². The molecule has 0 saturated heterocycles. The van der Waals surface area contributed by atoms with Crippen molar-refractivity contribution in [3.63, 3.8) is 0 Å². The monoisotopic (exact) mass is 466 g/mol. The van der Waals surface area contributed by atoms with Crippen molar-refractivity contribution in [3.8, 4) is 5.75 Å². The van der Waals surface area contributed by atoms with E-state index in [1.54, 1.807) is 11.6 Å². The molecule has 9 heteroatoms. The number of rotatable bonds is 8. The third-order valence-corrected chi connectivity index (χ3v) is 6.48. The molecule has 0 fully saturated rings. The number of aliphatic hydroxyl groups excluding tert-OH is 1. The second-order valence-electron chi connectivity index (χ2n) is 8.00. The van der Waals surface area contributed by atoms with Gasteiger partial charge in [0.1, 0.15) is 12.4 Å². The second kappa shape index (κ2) is 9.68. The van der Waals surface area contributed by atoms with Crippen LogP contribution in [0.3, 0.4) is 0 Å². The lowest BCUT2D eigenvalue weighted by molar-refractivity contribution is 0.126. The maximum atomic E-state index is 12.7. The summed E-state index contributed by atoms with van der Waals surface area (Å²) in [5.74, 6) is 1.05. The summed E-state index contributed by atoms with van der Waals surface area (Å²) in [7, 11) is 1.57. The van der Waals surface area contributed by atoms with Crippen LogP contribution in [0.25, 0.3) is 11.2 Å². The summed E-state index contributed by atoms with van der Waals surface area (Å²) in [6.45, 7) is 4.51. The first-order valence-electron chi connectivity index (χ1n) is 10.6. The first kappa shape index (κ1) is 22.9. The van der Waals surface area contributed by atoms with E-state index in [4.69, 9.17) is 4.74 Å². The Morgan fingerprint density at radius 1 is 1.12 bits per heavy atom. The Morgan fingerprint density at radius 2 is 1.85 bits per heavy atom. The number of aromatic amines is 1. The maximum Gasteiger partial charge on any atom is 0.329 e. The number of nitrogens with one attached hydrogen (secondary N) is 1. The molecule has 0 bridgehead atoms. The van der Waals surface area contributed by atoms with Gasteiger partial charge in [0.25, 0.3) is 5.56 Å². The highest BCUT2D eigenvalue weighted by molar-refractivity contribution is 7.99. The minimum atomic E-state index is -0.746. The van der Waals surface area contributed by atoms with Crippen molar-refractivity contribution >= 4 is 22.9 Å². The first-order chi connectivity index (χ1) is 15.8. The quantitative estimate of drug-likeness (QED) is 0.387. The third-order valence-electron chi connectivity index (χ3n) is 5.36. The third kappa shape index (κ3) is 5.04. The lowest BCUT2D eigenvalue weighted by Gasteiger charge is -2.14. The molecular formula is C24H26N4O4S. The SMILES string of the molecule is Cc1ccc(Cn2c(SCC(O)COc3ccccc3C)nc3c2c(=O)[nH]c(=O)n3C)cc1. The molecule has 0 aliphatic rings. The highest BCUT2D eigenvalue weighted by atomic mass is 32.2. The standard InChI is InChI=1S/C24H26N4O4S/c1-15-8-10-17(11-9-15)12-28-20-21(27(3)23(31)26-22(20)30)25-24(28)33-14-18(29)13-32-19-7-5-4-6-16(19)2/h4-11,18,29H,12-14H2,1-3H3,(H,26,30,31). The van der Waals surface area contributed by atoms with Crippen LogP contribution in [0.1, 0.15) is 16.7 Å². The van der Waals surface area contributed by atoms with E-state index in [9.17, 15) is 14.7 Å². The van der Waals surface area contributed by atoms with E-state index in [2.05, 4.69) is 9.97 Å². The molecule has 8 nitrogen and oxygen atoms in total. The molecule has 4 aromatic rings. The van der Waals surface area contributed by atoms with Gasteiger partial charge in [0.2, 0.25) is 0 Å². The zero-order valence-corrected chi connectivity index (χ0v) is 19.6. The molecule has 172 valence electrons. The summed E-state index contributed by atoms with van der Waals surface area (Å²) in [5.41, 5.74) is 2.77. The zero-order chi connectivity index (χ0) is 23.5. The van der Waals surface area contributed by atoms with Crippen molar-refractivity contribution in [2.75, 3.05) is 12.4 Å². The van der Waals surface area contributed by atoms with Gasteiger partial charge in [-0.1, -0.05) is 59.8 Å². The lowest BCUT2D eigenvalue weighted by Crippen LogP contribution is -2.29. The van der Waals surface area contributed by atoms with Gasteiger partial charge in [0.15, 0.2) is 16.3 Å². The van der Waals surface area contributed by atoms with Crippen LogP contribution in [0.5, 0.6) is 5.75 Å². The average Bonchev–Trinajstić information content (AvgIpc) is 3.16. The fraction of sp³-hybridized carbons (Fsp3) is 0.292. The second-order valence-corrected chi connectivity index (χ2v) is 8.99. The highest BCUT2D eigenvalue weighted by Gasteiger charge is 2.19. The number of hydrogen-bond donors (Lipinski definition) is 2. The normalized spacial score (nSPS) is 12.2. The minimum absolute atomic E-state index is 0.134. The van der Waals surface area contributed by atoms with Crippen molar-refractivity contribution < 1.29 is 9.84 Å². The predicted octanol–water partition coefficient (Wildman–Crippen LogP) is 2.62. The number of H-pyrrole nitrogens is 1.